The number of anilines is 1. The molecule has 0 bridgehead atoms. The molecule has 1 aromatic carbocycles. The third kappa shape index (κ3) is 4.47. The molecule has 1 amide bonds. The van der Waals surface area contributed by atoms with Crippen molar-refractivity contribution in [2.24, 2.45) is 0 Å². The van der Waals surface area contributed by atoms with Crippen LogP contribution in [-0.2, 0) is 0 Å². The SMILES string of the molecule is CC(Oc1ccc(C(=O)Nc2cnc(-c3ccccn3)[nH]2)cn1)c1ccccc1. The summed E-state index contributed by atoms with van der Waals surface area (Å²) in [6, 6.07) is 18.8. The van der Waals surface area contributed by atoms with Crippen molar-refractivity contribution in [3.8, 4) is 17.4 Å². The predicted octanol–water partition coefficient (Wildman–Crippen LogP) is 4.26. The average Bonchev–Trinajstić information content (AvgIpc) is 3.24. The molecular formula is C22H19N5O2. The first-order valence-electron chi connectivity index (χ1n) is 9.14. The molecule has 7 heteroatoms. The van der Waals surface area contributed by atoms with Crippen LogP contribution in [0.25, 0.3) is 11.5 Å². The van der Waals surface area contributed by atoms with E-state index in [1.54, 1.807) is 24.5 Å². The maximum atomic E-state index is 12.5. The minimum atomic E-state index is -0.295. The van der Waals surface area contributed by atoms with Gasteiger partial charge in [-0.1, -0.05) is 36.4 Å². The van der Waals surface area contributed by atoms with Crippen LogP contribution in [0, 0.1) is 0 Å². The summed E-state index contributed by atoms with van der Waals surface area (Å²) in [7, 11) is 0. The van der Waals surface area contributed by atoms with Crippen molar-refractivity contribution in [3.63, 3.8) is 0 Å². The van der Waals surface area contributed by atoms with Crippen molar-refractivity contribution >= 4 is 11.7 Å². The number of carbonyl (C=O) groups excluding carboxylic acids is 1. The molecule has 2 N–H and O–H groups in total. The van der Waals surface area contributed by atoms with E-state index < -0.39 is 0 Å². The van der Waals surface area contributed by atoms with E-state index in [1.807, 2.05) is 55.5 Å². The third-order valence-electron chi connectivity index (χ3n) is 4.30. The van der Waals surface area contributed by atoms with Crippen LogP contribution in [0.4, 0.5) is 5.82 Å². The molecule has 0 spiro atoms. The molecule has 144 valence electrons. The van der Waals surface area contributed by atoms with Gasteiger partial charge in [0, 0.05) is 18.5 Å². The second kappa shape index (κ2) is 8.35. The van der Waals surface area contributed by atoms with Gasteiger partial charge in [-0.25, -0.2) is 9.97 Å². The van der Waals surface area contributed by atoms with Crippen LogP contribution < -0.4 is 10.1 Å². The lowest BCUT2D eigenvalue weighted by molar-refractivity contribution is 0.102. The fraction of sp³-hybridized carbons (Fsp3) is 0.0909. The second-order valence-corrected chi connectivity index (χ2v) is 6.37. The molecule has 0 aliphatic carbocycles. The number of benzene rings is 1. The molecule has 0 fully saturated rings. The standard InChI is InChI=1S/C22H19N5O2/c1-15(16-7-3-2-4-8-16)29-20-11-10-17(13-24-20)22(28)27-19-14-25-21(26-19)18-9-5-6-12-23-18/h2-15H,1H3,(H,25,26)(H,27,28). The van der Waals surface area contributed by atoms with E-state index in [1.165, 1.54) is 6.20 Å². The van der Waals surface area contributed by atoms with Crippen LogP contribution in [0.15, 0.2) is 79.3 Å². The van der Waals surface area contributed by atoms with Crippen molar-refractivity contribution in [2.45, 2.75) is 13.0 Å². The molecule has 0 saturated carbocycles. The van der Waals surface area contributed by atoms with Gasteiger partial charge in [-0.3, -0.25) is 9.78 Å². The minimum absolute atomic E-state index is 0.140. The Kier molecular flexibility index (Phi) is 5.29. The Morgan fingerprint density at radius 2 is 1.79 bits per heavy atom. The molecular weight excluding hydrogens is 366 g/mol. The van der Waals surface area contributed by atoms with Crippen LogP contribution in [0.1, 0.15) is 28.9 Å². The number of nitrogens with zero attached hydrogens (tertiary/aromatic N) is 3. The van der Waals surface area contributed by atoms with Gasteiger partial charge in [0.25, 0.3) is 5.91 Å². The van der Waals surface area contributed by atoms with Gasteiger partial charge in [0.2, 0.25) is 5.88 Å². The zero-order valence-electron chi connectivity index (χ0n) is 15.7. The summed E-state index contributed by atoms with van der Waals surface area (Å²) in [5.41, 5.74) is 2.17. The number of H-pyrrole nitrogens is 1. The number of hydrogen-bond donors (Lipinski definition) is 2. The quantitative estimate of drug-likeness (QED) is 0.517. The lowest BCUT2D eigenvalue weighted by Gasteiger charge is -2.14. The Morgan fingerprint density at radius 1 is 0.966 bits per heavy atom. The Balaban J connectivity index is 1.39. The summed E-state index contributed by atoms with van der Waals surface area (Å²) < 4.78 is 5.84. The first kappa shape index (κ1) is 18.4. The number of carbonyl (C=O) groups is 1. The van der Waals surface area contributed by atoms with Crippen molar-refractivity contribution in [3.05, 3.63) is 90.4 Å². The highest BCUT2D eigenvalue weighted by Gasteiger charge is 2.12. The predicted molar refractivity (Wildman–Crippen MR) is 109 cm³/mol. The smallest absolute Gasteiger partial charge is 0.258 e. The van der Waals surface area contributed by atoms with Crippen molar-refractivity contribution in [1.82, 2.24) is 19.9 Å². The summed E-state index contributed by atoms with van der Waals surface area (Å²) in [4.78, 5) is 28.2. The van der Waals surface area contributed by atoms with E-state index in [0.717, 1.165) is 5.56 Å². The fourth-order valence-electron chi connectivity index (χ4n) is 2.77. The molecule has 7 nitrogen and oxygen atoms in total. The molecule has 3 heterocycles. The summed E-state index contributed by atoms with van der Waals surface area (Å²) >= 11 is 0. The van der Waals surface area contributed by atoms with Gasteiger partial charge >= 0.3 is 0 Å². The number of ether oxygens (including phenoxy) is 1. The molecule has 4 rings (SSSR count). The highest BCUT2D eigenvalue weighted by atomic mass is 16.5. The number of amides is 1. The van der Waals surface area contributed by atoms with Gasteiger partial charge in [0.1, 0.15) is 17.6 Å². The minimum Gasteiger partial charge on any atom is -0.470 e. The number of pyridine rings is 2. The first-order chi connectivity index (χ1) is 14.2. The van der Waals surface area contributed by atoms with Crippen molar-refractivity contribution in [1.29, 1.82) is 0 Å². The third-order valence-corrected chi connectivity index (χ3v) is 4.30. The molecule has 1 atom stereocenters. The monoisotopic (exact) mass is 385 g/mol. The van der Waals surface area contributed by atoms with Gasteiger partial charge in [0.05, 0.1) is 11.8 Å². The summed E-state index contributed by atoms with van der Waals surface area (Å²) in [5.74, 6) is 1.22. The number of rotatable bonds is 6. The van der Waals surface area contributed by atoms with E-state index in [4.69, 9.17) is 4.74 Å². The Bertz CT molecular complexity index is 1080. The molecule has 3 aromatic heterocycles. The van der Waals surface area contributed by atoms with E-state index in [9.17, 15) is 4.79 Å². The van der Waals surface area contributed by atoms with E-state index in [0.29, 0.717) is 28.8 Å². The summed E-state index contributed by atoms with van der Waals surface area (Å²) in [6.45, 7) is 1.95. The number of hydrogen-bond acceptors (Lipinski definition) is 5. The number of aromatic amines is 1. The van der Waals surface area contributed by atoms with Gasteiger partial charge in [-0.2, -0.15) is 0 Å². The molecule has 4 aromatic rings. The van der Waals surface area contributed by atoms with Crippen LogP contribution in [0.3, 0.4) is 0 Å². The highest BCUT2D eigenvalue weighted by molar-refractivity contribution is 6.03. The lowest BCUT2D eigenvalue weighted by Crippen LogP contribution is -2.12. The van der Waals surface area contributed by atoms with Gasteiger partial charge < -0.3 is 15.0 Å². The molecule has 29 heavy (non-hydrogen) atoms. The van der Waals surface area contributed by atoms with Crippen molar-refractivity contribution in [2.75, 3.05) is 5.32 Å². The molecule has 0 radical (unpaired) electrons. The van der Waals surface area contributed by atoms with Crippen molar-refractivity contribution < 1.29 is 9.53 Å². The Morgan fingerprint density at radius 3 is 2.52 bits per heavy atom. The zero-order valence-corrected chi connectivity index (χ0v) is 15.7. The van der Waals surface area contributed by atoms with E-state index in [2.05, 4.69) is 25.3 Å². The fourth-order valence-corrected chi connectivity index (χ4v) is 2.77. The Hall–Kier alpha value is -4.00. The zero-order chi connectivity index (χ0) is 20.1. The maximum Gasteiger partial charge on any atom is 0.258 e. The largest absolute Gasteiger partial charge is 0.470 e. The van der Waals surface area contributed by atoms with Crippen LogP contribution in [-0.4, -0.2) is 25.8 Å². The van der Waals surface area contributed by atoms with E-state index >= 15 is 0 Å². The highest BCUT2D eigenvalue weighted by Crippen LogP contribution is 2.20. The molecule has 0 aliphatic rings. The van der Waals surface area contributed by atoms with Crippen LogP contribution in [0.5, 0.6) is 5.88 Å². The normalized spacial score (nSPS) is 11.6. The second-order valence-electron chi connectivity index (χ2n) is 6.37. The number of imidazole rings is 1. The molecule has 1 unspecified atom stereocenters. The Labute approximate surface area is 167 Å². The van der Waals surface area contributed by atoms with Gasteiger partial charge in [-0.15, -0.1) is 0 Å². The first-order valence-corrected chi connectivity index (χ1v) is 9.14. The molecule has 0 saturated heterocycles. The topological polar surface area (TPSA) is 92.8 Å². The number of nitrogens with one attached hydrogen (secondary N) is 2. The van der Waals surface area contributed by atoms with Gasteiger partial charge in [0.15, 0.2) is 5.82 Å². The number of aromatic nitrogens is 4. The maximum absolute atomic E-state index is 12.5. The average molecular weight is 385 g/mol. The van der Waals surface area contributed by atoms with E-state index in [-0.39, 0.29) is 12.0 Å². The lowest BCUT2D eigenvalue weighted by atomic mass is 10.1. The van der Waals surface area contributed by atoms with Crippen LogP contribution in [0.2, 0.25) is 0 Å². The summed E-state index contributed by atoms with van der Waals surface area (Å²) in [5, 5.41) is 2.77. The summed E-state index contributed by atoms with van der Waals surface area (Å²) in [6.07, 6.45) is 4.58. The van der Waals surface area contributed by atoms with Gasteiger partial charge in [-0.05, 0) is 30.7 Å². The van der Waals surface area contributed by atoms with Crippen LogP contribution >= 0.6 is 0 Å². The molecule has 0 aliphatic heterocycles.